The van der Waals surface area contributed by atoms with Crippen molar-refractivity contribution in [3.05, 3.63) is 35.8 Å². The SMILES string of the molecule is CCN1CCC[C@@H](NC(=O)Nc2cccc(-c3nccs3)c2)C1. The second-order valence-corrected chi connectivity index (χ2v) is 6.64. The fourth-order valence-electron chi connectivity index (χ4n) is 2.91. The van der Waals surface area contributed by atoms with E-state index < -0.39 is 0 Å². The van der Waals surface area contributed by atoms with Crippen molar-refractivity contribution < 1.29 is 4.79 Å². The molecule has 3 rings (SSSR count). The zero-order valence-corrected chi connectivity index (χ0v) is 14.1. The van der Waals surface area contributed by atoms with E-state index in [4.69, 9.17) is 0 Å². The molecular weight excluding hydrogens is 308 g/mol. The molecule has 0 spiro atoms. The Balaban J connectivity index is 1.58. The Morgan fingerprint density at radius 2 is 2.39 bits per heavy atom. The van der Waals surface area contributed by atoms with Crippen LogP contribution in [0.5, 0.6) is 0 Å². The standard InChI is InChI=1S/C17H22N4OS/c1-2-21-9-4-7-15(12-21)20-17(22)19-14-6-3-5-13(11-14)16-18-8-10-23-16/h3,5-6,8,10-11,15H,2,4,7,9,12H2,1H3,(H2,19,20,22)/t15-/m1/s1. The number of amides is 2. The molecule has 6 heteroatoms. The van der Waals surface area contributed by atoms with Crippen LogP contribution in [-0.4, -0.2) is 41.6 Å². The summed E-state index contributed by atoms with van der Waals surface area (Å²) in [5.74, 6) is 0. The highest BCUT2D eigenvalue weighted by molar-refractivity contribution is 7.13. The Morgan fingerprint density at radius 3 is 3.17 bits per heavy atom. The van der Waals surface area contributed by atoms with Gasteiger partial charge in [-0.2, -0.15) is 0 Å². The van der Waals surface area contributed by atoms with E-state index in [2.05, 4.69) is 27.4 Å². The van der Waals surface area contributed by atoms with Gasteiger partial charge >= 0.3 is 6.03 Å². The largest absolute Gasteiger partial charge is 0.334 e. The molecule has 2 heterocycles. The number of rotatable bonds is 4. The highest BCUT2D eigenvalue weighted by Gasteiger charge is 2.20. The van der Waals surface area contributed by atoms with E-state index in [1.165, 1.54) is 0 Å². The second-order valence-electron chi connectivity index (χ2n) is 5.75. The summed E-state index contributed by atoms with van der Waals surface area (Å²) in [6, 6.07) is 7.89. The number of hydrogen-bond donors (Lipinski definition) is 2. The van der Waals surface area contributed by atoms with Gasteiger partial charge in [0.05, 0.1) is 0 Å². The molecule has 1 atom stereocenters. The van der Waals surface area contributed by atoms with Gasteiger partial charge in [-0.05, 0) is 38.1 Å². The van der Waals surface area contributed by atoms with Crippen molar-refractivity contribution >= 4 is 23.1 Å². The van der Waals surface area contributed by atoms with Gasteiger partial charge in [-0.1, -0.05) is 19.1 Å². The van der Waals surface area contributed by atoms with Gasteiger partial charge < -0.3 is 15.5 Å². The fraction of sp³-hybridized carbons (Fsp3) is 0.412. The van der Waals surface area contributed by atoms with Crippen LogP contribution in [0.25, 0.3) is 10.6 Å². The first-order valence-electron chi connectivity index (χ1n) is 8.04. The lowest BCUT2D eigenvalue weighted by atomic mass is 10.1. The van der Waals surface area contributed by atoms with Gasteiger partial charge in [-0.3, -0.25) is 0 Å². The maximum Gasteiger partial charge on any atom is 0.319 e. The second kappa shape index (κ2) is 7.57. The first kappa shape index (κ1) is 16.0. The smallest absolute Gasteiger partial charge is 0.319 e. The molecule has 122 valence electrons. The molecule has 23 heavy (non-hydrogen) atoms. The molecule has 0 unspecified atom stereocenters. The molecular formula is C17H22N4OS. The lowest BCUT2D eigenvalue weighted by molar-refractivity contribution is 0.196. The molecule has 1 aromatic heterocycles. The summed E-state index contributed by atoms with van der Waals surface area (Å²) in [5, 5.41) is 8.92. The van der Waals surface area contributed by atoms with Crippen LogP contribution in [-0.2, 0) is 0 Å². The summed E-state index contributed by atoms with van der Waals surface area (Å²) in [4.78, 5) is 18.9. The fourth-order valence-corrected chi connectivity index (χ4v) is 3.54. The lowest BCUT2D eigenvalue weighted by Gasteiger charge is -2.32. The van der Waals surface area contributed by atoms with E-state index in [1.807, 2.05) is 29.6 Å². The van der Waals surface area contributed by atoms with Crippen molar-refractivity contribution in [1.29, 1.82) is 0 Å². The van der Waals surface area contributed by atoms with Crippen LogP contribution in [0.4, 0.5) is 10.5 Å². The topological polar surface area (TPSA) is 57.3 Å². The molecule has 0 radical (unpaired) electrons. The van der Waals surface area contributed by atoms with Gasteiger partial charge in [-0.25, -0.2) is 9.78 Å². The Hall–Kier alpha value is -1.92. The van der Waals surface area contributed by atoms with Crippen LogP contribution < -0.4 is 10.6 Å². The van der Waals surface area contributed by atoms with Crippen LogP contribution >= 0.6 is 11.3 Å². The van der Waals surface area contributed by atoms with Crippen molar-refractivity contribution in [2.24, 2.45) is 0 Å². The normalized spacial score (nSPS) is 18.6. The van der Waals surface area contributed by atoms with Crippen molar-refractivity contribution in [1.82, 2.24) is 15.2 Å². The summed E-state index contributed by atoms with van der Waals surface area (Å²) in [5.41, 5.74) is 1.81. The number of nitrogens with zero attached hydrogens (tertiary/aromatic N) is 2. The van der Waals surface area contributed by atoms with Crippen LogP contribution in [0.1, 0.15) is 19.8 Å². The number of piperidine rings is 1. The highest BCUT2D eigenvalue weighted by Crippen LogP contribution is 2.24. The van der Waals surface area contributed by atoms with Crippen LogP contribution in [0.3, 0.4) is 0 Å². The Morgan fingerprint density at radius 1 is 1.48 bits per heavy atom. The molecule has 0 saturated carbocycles. The summed E-state index contributed by atoms with van der Waals surface area (Å²) in [6.45, 7) is 5.26. The number of nitrogens with one attached hydrogen (secondary N) is 2. The first-order chi connectivity index (χ1) is 11.2. The van der Waals surface area contributed by atoms with E-state index in [1.54, 1.807) is 17.5 Å². The van der Waals surface area contributed by atoms with Crippen molar-refractivity contribution in [2.75, 3.05) is 25.0 Å². The van der Waals surface area contributed by atoms with Crippen molar-refractivity contribution in [3.63, 3.8) is 0 Å². The monoisotopic (exact) mass is 330 g/mol. The van der Waals surface area contributed by atoms with Gasteiger partial charge in [0.15, 0.2) is 0 Å². The first-order valence-corrected chi connectivity index (χ1v) is 8.92. The van der Waals surface area contributed by atoms with Crippen LogP contribution in [0.2, 0.25) is 0 Å². The number of benzene rings is 1. The van der Waals surface area contributed by atoms with Gasteiger partial charge in [0.2, 0.25) is 0 Å². The number of likely N-dealkylation sites (N-methyl/N-ethyl adjacent to an activating group) is 1. The number of likely N-dealkylation sites (tertiary alicyclic amines) is 1. The lowest BCUT2D eigenvalue weighted by Crippen LogP contribution is -2.48. The molecule has 2 N–H and O–H groups in total. The zero-order chi connectivity index (χ0) is 16.1. The number of thiazole rings is 1. The van der Waals surface area contributed by atoms with Gasteiger partial charge in [0.25, 0.3) is 0 Å². The summed E-state index contributed by atoms with van der Waals surface area (Å²) in [6.07, 6.45) is 3.97. The summed E-state index contributed by atoms with van der Waals surface area (Å²) < 4.78 is 0. The summed E-state index contributed by atoms with van der Waals surface area (Å²) in [7, 11) is 0. The maximum absolute atomic E-state index is 12.2. The molecule has 0 bridgehead atoms. The van der Waals surface area contributed by atoms with Gasteiger partial charge in [0.1, 0.15) is 5.01 Å². The predicted molar refractivity (Wildman–Crippen MR) is 94.8 cm³/mol. The molecule has 1 aromatic carbocycles. The Labute approximate surface area is 140 Å². The third-order valence-corrected chi connectivity index (χ3v) is 4.91. The molecule has 2 aromatic rings. The minimum absolute atomic E-state index is 0.135. The third kappa shape index (κ3) is 4.30. The number of anilines is 1. The van der Waals surface area contributed by atoms with Crippen LogP contribution in [0, 0.1) is 0 Å². The number of urea groups is 1. The number of aromatic nitrogens is 1. The molecule has 0 aliphatic carbocycles. The molecule has 1 saturated heterocycles. The average Bonchev–Trinajstić information content (AvgIpc) is 3.09. The molecule has 2 amide bonds. The third-order valence-electron chi connectivity index (χ3n) is 4.09. The minimum atomic E-state index is -0.135. The Bertz CT molecular complexity index is 644. The van der Waals surface area contributed by atoms with Crippen molar-refractivity contribution in [2.45, 2.75) is 25.8 Å². The van der Waals surface area contributed by atoms with Gasteiger partial charge in [-0.15, -0.1) is 11.3 Å². The van der Waals surface area contributed by atoms with Crippen LogP contribution in [0.15, 0.2) is 35.8 Å². The zero-order valence-electron chi connectivity index (χ0n) is 13.3. The highest BCUT2D eigenvalue weighted by atomic mass is 32.1. The predicted octanol–water partition coefficient (Wildman–Crippen LogP) is 3.42. The van der Waals surface area contributed by atoms with Gasteiger partial charge in [0, 0.05) is 35.4 Å². The number of carbonyl (C=O) groups is 1. The van der Waals surface area contributed by atoms with E-state index in [0.29, 0.717) is 0 Å². The number of hydrogen-bond acceptors (Lipinski definition) is 4. The molecule has 1 fully saturated rings. The maximum atomic E-state index is 12.2. The van der Waals surface area contributed by atoms with E-state index >= 15 is 0 Å². The number of carbonyl (C=O) groups excluding carboxylic acids is 1. The Kier molecular flexibility index (Phi) is 5.25. The average molecular weight is 330 g/mol. The molecule has 1 aliphatic heterocycles. The van der Waals surface area contributed by atoms with E-state index in [9.17, 15) is 4.79 Å². The van der Waals surface area contributed by atoms with E-state index in [-0.39, 0.29) is 12.1 Å². The quantitative estimate of drug-likeness (QED) is 0.903. The van der Waals surface area contributed by atoms with Crippen molar-refractivity contribution in [3.8, 4) is 10.6 Å². The molecule has 5 nitrogen and oxygen atoms in total. The summed E-state index contributed by atoms with van der Waals surface area (Å²) >= 11 is 1.59. The van der Waals surface area contributed by atoms with E-state index in [0.717, 1.165) is 48.7 Å². The minimum Gasteiger partial charge on any atom is -0.334 e. The molecule has 1 aliphatic rings.